The fourth-order valence-electron chi connectivity index (χ4n) is 3.99. The average molecular weight is 436 g/mol. The molecule has 1 aliphatic rings. The van der Waals surface area contributed by atoms with Crippen molar-refractivity contribution in [2.45, 2.75) is 25.5 Å². The number of H-pyrrole nitrogens is 1. The third kappa shape index (κ3) is 3.43. The monoisotopic (exact) mass is 436 g/mol. The molecule has 0 saturated heterocycles. The molecule has 0 amide bonds. The number of alkyl halides is 2. The maximum absolute atomic E-state index is 13.4. The predicted octanol–water partition coefficient (Wildman–Crippen LogP) is 5.30. The number of nitrogens with zero attached hydrogens (tertiary/aromatic N) is 1. The highest BCUT2D eigenvalue weighted by molar-refractivity contribution is 5.97. The fraction of sp³-hybridized carbons (Fsp3) is 0.167. The molecule has 2 N–H and O–H groups in total. The number of nitrogens with one attached hydrogen (secondary N) is 1. The van der Waals surface area contributed by atoms with Gasteiger partial charge in [-0.15, -0.1) is 0 Å². The first kappa shape index (κ1) is 20.0. The van der Waals surface area contributed by atoms with Gasteiger partial charge in [-0.25, -0.2) is 4.79 Å². The minimum Gasteiger partial charge on any atom is -0.477 e. The number of aromatic nitrogens is 2. The Morgan fingerprint density at radius 1 is 1.09 bits per heavy atom. The molecule has 1 saturated carbocycles. The molecule has 0 atom stereocenters. The van der Waals surface area contributed by atoms with Gasteiger partial charge >= 0.3 is 12.6 Å². The zero-order valence-corrected chi connectivity index (χ0v) is 16.7. The second-order valence-electron chi connectivity index (χ2n) is 7.69. The topological polar surface area (TPSA) is 84.3 Å². The van der Waals surface area contributed by atoms with Crippen molar-refractivity contribution in [3.8, 4) is 28.1 Å². The lowest BCUT2D eigenvalue weighted by molar-refractivity contribution is -0.0486. The van der Waals surface area contributed by atoms with E-state index >= 15 is 0 Å². The molecule has 0 unspecified atom stereocenters. The fourth-order valence-corrected chi connectivity index (χ4v) is 3.99. The standard InChI is InChI=1S/C24H18F2N2O4/c25-24(26)32-22-16(13-3-5-14(6-4-13)19-2-1-11-27-19)9-10-17-20(22)28(15-7-8-15)12-18(21(17)29)23(30)31/h1-6,9-12,15,24,27H,7-8H2,(H,30,31). The Hall–Kier alpha value is -3.94. The minimum atomic E-state index is -3.11. The average Bonchev–Trinajstić information content (AvgIpc) is 3.47. The highest BCUT2D eigenvalue weighted by Gasteiger charge is 2.30. The van der Waals surface area contributed by atoms with Crippen LogP contribution in [0.2, 0.25) is 0 Å². The van der Waals surface area contributed by atoms with E-state index in [-0.39, 0.29) is 22.7 Å². The van der Waals surface area contributed by atoms with E-state index in [0.717, 1.165) is 24.1 Å². The molecular weight excluding hydrogens is 418 g/mol. The number of aromatic carboxylic acids is 1. The lowest BCUT2D eigenvalue weighted by atomic mass is 9.99. The molecule has 1 fully saturated rings. The van der Waals surface area contributed by atoms with Gasteiger partial charge in [0.15, 0.2) is 5.75 Å². The summed E-state index contributed by atoms with van der Waals surface area (Å²) in [6, 6.07) is 14.0. The first-order valence-electron chi connectivity index (χ1n) is 10.1. The van der Waals surface area contributed by atoms with Crippen LogP contribution in [0.1, 0.15) is 29.2 Å². The number of fused-ring (bicyclic) bond motifs is 1. The minimum absolute atomic E-state index is 0.0409. The van der Waals surface area contributed by atoms with Crippen molar-refractivity contribution in [2.24, 2.45) is 0 Å². The summed E-state index contributed by atoms with van der Waals surface area (Å²) in [5.41, 5.74) is 1.95. The van der Waals surface area contributed by atoms with E-state index in [0.29, 0.717) is 11.1 Å². The Morgan fingerprint density at radius 3 is 2.41 bits per heavy atom. The number of benzene rings is 2. The van der Waals surface area contributed by atoms with Gasteiger partial charge in [-0.3, -0.25) is 4.79 Å². The molecule has 5 rings (SSSR count). The highest BCUT2D eigenvalue weighted by Crippen LogP contribution is 2.43. The zero-order chi connectivity index (χ0) is 22.4. The highest BCUT2D eigenvalue weighted by atomic mass is 19.3. The Bertz CT molecular complexity index is 1370. The predicted molar refractivity (Wildman–Crippen MR) is 115 cm³/mol. The summed E-state index contributed by atoms with van der Waals surface area (Å²) >= 11 is 0. The summed E-state index contributed by atoms with van der Waals surface area (Å²) in [7, 11) is 0. The van der Waals surface area contributed by atoms with E-state index in [1.807, 2.05) is 30.5 Å². The van der Waals surface area contributed by atoms with Crippen LogP contribution in [0.4, 0.5) is 8.78 Å². The Labute approximate surface area is 180 Å². The summed E-state index contributed by atoms with van der Waals surface area (Å²) in [5.74, 6) is -1.49. The smallest absolute Gasteiger partial charge is 0.387 e. The summed E-state index contributed by atoms with van der Waals surface area (Å²) < 4.78 is 33.4. The SMILES string of the molecule is O=C(O)c1cn(C2CC2)c2c(OC(F)F)c(-c3ccc(-c4ccc[nH]4)cc3)ccc2c1=O. The van der Waals surface area contributed by atoms with Crippen LogP contribution in [-0.2, 0) is 0 Å². The third-order valence-electron chi connectivity index (χ3n) is 5.63. The van der Waals surface area contributed by atoms with Crippen LogP contribution in [0, 0.1) is 0 Å². The number of hydrogen-bond acceptors (Lipinski definition) is 3. The van der Waals surface area contributed by atoms with Crippen LogP contribution in [-0.4, -0.2) is 27.2 Å². The zero-order valence-electron chi connectivity index (χ0n) is 16.7. The quantitative estimate of drug-likeness (QED) is 0.430. The van der Waals surface area contributed by atoms with Crippen LogP contribution in [0.5, 0.6) is 5.75 Å². The molecule has 6 nitrogen and oxygen atoms in total. The first-order valence-corrected chi connectivity index (χ1v) is 10.1. The van der Waals surface area contributed by atoms with E-state index in [1.165, 1.54) is 18.3 Å². The van der Waals surface area contributed by atoms with Crippen LogP contribution < -0.4 is 10.2 Å². The van der Waals surface area contributed by atoms with E-state index in [4.69, 9.17) is 4.74 Å². The number of pyridine rings is 1. The van der Waals surface area contributed by atoms with Crippen molar-refractivity contribution in [1.82, 2.24) is 9.55 Å². The third-order valence-corrected chi connectivity index (χ3v) is 5.63. The Kier molecular flexibility index (Phi) is 4.77. The largest absolute Gasteiger partial charge is 0.477 e. The first-order chi connectivity index (χ1) is 15.4. The molecule has 8 heteroatoms. The van der Waals surface area contributed by atoms with Gasteiger partial charge in [0.05, 0.1) is 10.9 Å². The number of aromatic amines is 1. The van der Waals surface area contributed by atoms with Crippen molar-refractivity contribution in [3.05, 3.63) is 76.7 Å². The van der Waals surface area contributed by atoms with Gasteiger partial charge in [0.1, 0.15) is 5.56 Å². The van der Waals surface area contributed by atoms with Gasteiger partial charge in [-0.05, 0) is 48.2 Å². The maximum atomic E-state index is 13.4. The molecule has 2 aromatic heterocycles. The maximum Gasteiger partial charge on any atom is 0.387 e. The van der Waals surface area contributed by atoms with Gasteiger partial charge in [0, 0.05) is 29.7 Å². The molecule has 162 valence electrons. The van der Waals surface area contributed by atoms with Gasteiger partial charge in [0.2, 0.25) is 5.43 Å². The molecule has 0 spiro atoms. The van der Waals surface area contributed by atoms with Crippen molar-refractivity contribution in [3.63, 3.8) is 0 Å². The summed E-state index contributed by atoms with van der Waals surface area (Å²) in [5, 5.41) is 9.48. The van der Waals surface area contributed by atoms with E-state index in [2.05, 4.69) is 4.98 Å². The van der Waals surface area contributed by atoms with Crippen LogP contribution in [0.25, 0.3) is 33.3 Å². The van der Waals surface area contributed by atoms with Crippen molar-refractivity contribution in [1.29, 1.82) is 0 Å². The summed E-state index contributed by atoms with van der Waals surface area (Å²) in [6.07, 6.45) is 4.57. The molecule has 0 bridgehead atoms. The number of hydrogen-bond donors (Lipinski definition) is 2. The van der Waals surface area contributed by atoms with Crippen LogP contribution in [0.3, 0.4) is 0 Å². The van der Waals surface area contributed by atoms with Crippen molar-refractivity contribution in [2.75, 3.05) is 0 Å². The molecule has 1 aliphatic carbocycles. The Morgan fingerprint density at radius 2 is 1.81 bits per heavy atom. The molecule has 32 heavy (non-hydrogen) atoms. The number of halogens is 2. The number of carboxylic acids is 1. The Balaban J connectivity index is 1.75. The molecular formula is C24H18F2N2O4. The van der Waals surface area contributed by atoms with Crippen LogP contribution >= 0.6 is 0 Å². The molecule has 2 heterocycles. The lowest BCUT2D eigenvalue weighted by Gasteiger charge is -2.19. The van der Waals surface area contributed by atoms with Gasteiger partial charge in [0.25, 0.3) is 0 Å². The normalized spacial score (nSPS) is 13.6. The molecule has 0 radical (unpaired) electrons. The van der Waals surface area contributed by atoms with E-state index < -0.39 is 23.6 Å². The number of ether oxygens (including phenoxy) is 1. The summed E-state index contributed by atoms with van der Waals surface area (Å²) in [4.78, 5) is 27.5. The molecule has 4 aromatic rings. The van der Waals surface area contributed by atoms with Crippen molar-refractivity contribution >= 4 is 16.9 Å². The van der Waals surface area contributed by atoms with E-state index in [9.17, 15) is 23.5 Å². The molecule has 2 aromatic carbocycles. The van der Waals surface area contributed by atoms with Gasteiger partial charge < -0.3 is 19.4 Å². The van der Waals surface area contributed by atoms with Gasteiger partial charge in [-0.1, -0.05) is 24.3 Å². The second kappa shape index (κ2) is 7.64. The number of carbonyl (C=O) groups is 1. The van der Waals surface area contributed by atoms with Crippen LogP contribution in [0.15, 0.2) is 65.7 Å². The van der Waals surface area contributed by atoms with E-state index in [1.54, 1.807) is 16.7 Å². The number of carboxylic acid groups (broad SMARTS) is 1. The van der Waals surface area contributed by atoms with Gasteiger partial charge in [-0.2, -0.15) is 8.78 Å². The number of rotatable bonds is 6. The lowest BCUT2D eigenvalue weighted by Crippen LogP contribution is -2.19. The summed E-state index contributed by atoms with van der Waals surface area (Å²) in [6.45, 7) is -3.11. The van der Waals surface area contributed by atoms with Crippen molar-refractivity contribution < 1.29 is 23.4 Å². The molecule has 0 aliphatic heterocycles. The second-order valence-corrected chi connectivity index (χ2v) is 7.69.